The third-order valence-electron chi connectivity index (χ3n) is 5.04. The van der Waals surface area contributed by atoms with Crippen LogP contribution in [0.4, 0.5) is 19.1 Å². The molecule has 10 heteroatoms. The SMILES string of the molecule is Cc1cccc2nc(C(=O)Nc3nc4ccc(-c5cccc(OC(F)(F)F)c5)cc4[nH]3)cn12. The summed E-state index contributed by atoms with van der Waals surface area (Å²) in [5.74, 6) is -0.496. The fraction of sp³-hybridized carbons (Fsp3) is 0.0870. The van der Waals surface area contributed by atoms with Crippen LogP contribution < -0.4 is 10.1 Å². The third kappa shape index (κ3) is 4.22. The first-order chi connectivity index (χ1) is 15.7. The van der Waals surface area contributed by atoms with Gasteiger partial charge in [0.1, 0.15) is 17.1 Å². The zero-order valence-electron chi connectivity index (χ0n) is 17.1. The Kier molecular flexibility index (Phi) is 4.77. The van der Waals surface area contributed by atoms with Gasteiger partial charge in [0.25, 0.3) is 5.91 Å². The molecule has 166 valence electrons. The van der Waals surface area contributed by atoms with Crippen LogP contribution in [0, 0.1) is 6.92 Å². The molecule has 5 rings (SSSR count). The van der Waals surface area contributed by atoms with E-state index in [4.69, 9.17) is 0 Å². The molecule has 0 spiro atoms. The lowest BCUT2D eigenvalue weighted by Gasteiger charge is -2.10. The Morgan fingerprint density at radius 2 is 1.82 bits per heavy atom. The van der Waals surface area contributed by atoms with E-state index in [0.717, 1.165) is 5.69 Å². The van der Waals surface area contributed by atoms with Crippen LogP contribution in [0.15, 0.2) is 66.9 Å². The lowest BCUT2D eigenvalue weighted by Crippen LogP contribution is -2.17. The lowest BCUT2D eigenvalue weighted by molar-refractivity contribution is -0.274. The number of hydrogen-bond acceptors (Lipinski definition) is 4. The van der Waals surface area contributed by atoms with Gasteiger partial charge in [0.2, 0.25) is 5.95 Å². The van der Waals surface area contributed by atoms with Gasteiger partial charge < -0.3 is 14.1 Å². The molecule has 0 aliphatic carbocycles. The zero-order chi connectivity index (χ0) is 23.2. The van der Waals surface area contributed by atoms with Crippen molar-refractivity contribution in [3.63, 3.8) is 0 Å². The maximum absolute atomic E-state index is 12.7. The number of nitrogens with zero attached hydrogens (tertiary/aromatic N) is 3. The first kappa shape index (κ1) is 20.6. The van der Waals surface area contributed by atoms with E-state index in [-0.39, 0.29) is 17.4 Å². The molecule has 0 unspecified atom stereocenters. The molecular weight excluding hydrogens is 435 g/mol. The summed E-state index contributed by atoms with van der Waals surface area (Å²) in [4.78, 5) is 24.4. The number of aromatic nitrogens is 4. The van der Waals surface area contributed by atoms with Crippen LogP contribution in [0.2, 0.25) is 0 Å². The van der Waals surface area contributed by atoms with E-state index < -0.39 is 12.3 Å². The molecule has 0 saturated carbocycles. The molecule has 2 aromatic carbocycles. The monoisotopic (exact) mass is 451 g/mol. The highest BCUT2D eigenvalue weighted by Gasteiger charge is 2.31. The molecule has 0 aliphatic rings. The predicted molar refractivity (Wildman–Crippen MR) is 116 cm³/mol. The number of fused-ring (bicyclic) bond motifs is 2. The number of hydrogen-bond donors (Lipinski definition) is 2. The zero-order valence-corrected chi connectivity index (χ0v) is 17.1. The van der Waals surface area contributed by atoms with Crippen molar-refractivity contribution in [2.45, 2.75) is 13.3 Å². The van der Waals surface area contributed by atoms with Gasteiger partial charge >= 0.3 is 6.36 Å². The molecule has 0 fully saturated rings. The number of rotatable bonds is 4. The van der Waals surface area contributed by atoms with Crippen LogP contribution in [0.3, 0.4) is 0 Å². The molecular formula is C23H16F3N5O2. The molecule has 0 saturated heterocycles. The van der Waals surface area contributed by atoms with E-state index in [0.29, 0.717) is 27.8 Å². The summed E-state index contributed by atoms with van der Waals surface area (Å²) in [5, 5.41) is 2.70. The third-order valence-corrected chi connectivity index (χ3v) is 5.04. The van der Waals surface area contributed by atoms with Crippen LogP contribution in [-0.4, -0.2) is 31.6 Å². The molecule has 0 aliphatic heterocycles. The fourth-order valence-corrected chi connectivity index (χ4v) is 3.55. The van der Waals surface area contributed by atoms with E-state index in [1.807, 2.05) is 23.5 Å². The standard InChI is InChI=1S/C23H16F3N5O2/c1-13-4-2-7-20-27-19(12-31(13)20)21(32)30-22-28-17-9-8-15(11-18(17)29-22)14-5-3-6-16(10-14)33-23(24,25)26/h2-12H,1H3,(H2,28,29,30,32). The van der Waals surface area contributed by atoms with Gasteiger partial charge in [-0.05, 0) is 54.4 Å². The number of benzene rings is 2. The molecule has 33 heavy (non-hydrogen) atoms. The van der Waals surface area contributed by atoms with Gasteiger partial charge in [0, 0.05) is 11.9 Å². The summed E-state index contributed by atoms with van der Waals surface area (Å²) in [6.07, 6.45) is -3.12. The number of H-pyrrole nitrogens is 1. The second kappa shape index (κ2) is 7.66. The Hall–Kier alpha value is -4.34. The van der Waals surface area contributed by atoms with Crippen molar-refractivity contribution in [3.8, 4) is 16.9 Å². The Balaban J connectivity index is 1.40. The Morgan fingerprint density at radius 3 is 2.61 bits per heavy atom. The molecule has 0 radical (unpaired) electrons. The van der Waals surface area contributed by atoms with Gasteiger partial charge in [-0.15, -0.1) is 13.2 Å². The molecule has 0 atom stereocenters. The molecule has 3 heterocycles. The minimum Gasteiger partial charge on any atom is -0.406 e. The van der Waals surface area contributed by atoms with Crippen molar-refractivity contribution >= 4 is 28.5 Å². The first-order valence-electron chi connectivity index (χ1n) is 9.87. The number of aryl methyl sites for hydroxylation is 1. The molecule has 0 bridgehead atoms. The number of ether oxygens (including phenoxy) is 1. The van der Waals surface area contributed by atoms with Gasteiger partial charge in [-0.2, -0.15) is 0 Å². The van der Waals surface area contributed by atoms with E-state index in [1.54, 1.807) is 36.5 Å². The summed E-state index contributed by atoms with van der Waals surface area (Å²) in [6, 6.07) is 16.5. The number of carbonyl (C=O) groups excluding carboxylic acids is 1. The molecule has 7 nitrogen and oxygen atoms in total. The quantitative estimate of drug-likeness (QED) is 0.387. The van der Waals surface area contributed by atoms with Crippen LogP contribution >= 0.6 is 0 Å². The number of carbonyl (C=O) groups is 1. The van der Waals surface area contributed by atoms with Crippen LogP contribution in [0.1, 0.15) is 16.2 Å². The highest BCUT2D eigenvalue weighted by Crippen LogP contribution is 2.29. The summed E-state index contributed by atoms with van der Waals surface area (Å²) in [7, 11) is 0. The Bertz CT molecular complexity index is 1500. The average Bonchev–Trinajstić information content (AvgIpc) is 3.36. The Morgan fingerprint density at radius 1 is 1.03 bits per heavy atom. The molecule has 3 aromatic heterocycles. The summed E-state index contributed by atoms with van der Waals surface area (Å²) < 4.78 is 43.4. The minimum absolute atomic E-state index is 0.232. The average molecular weight is 451 g/mol. The topological polar surface area (TPSA) is 84.3 Å². The number of pyridine rings is 1. The van der Waals surface area contributed by atoms with Crippen molar-refractivity contribution in [1.82, 2.24) is 19.4 Å². The Labute approximate surface area is 184 Å². The molecule has 2 N–H and O–H groups in total. The largest absolute Gasteiger partial charge is 0.573 e. The highest BCUT2D eigenvalue weighted by atomic mass is 19.4. The summed E-state index contributed by atoms with van der Waals surface area (Å²) in [6.45, 7) is 1.91. The normalized spacial score (nSPS) is 11.8. The maximum Gasteiger partial charge on any atom is 0.573 e. The number of amides is 1. The number of halogens is 3. The number of imidazole rings is 2. The molecule has 1 amide bonds. The van der Waals surface area contributed by atoms with Crippen molar-refractivity contribution < 1.29 is 22.7 Å². The first-order valence-corrected chi connectivity index (χ1v) is 9.87. The van der Waals surface area contributed by atoms with Gasteiger partial charge in [-0.3, -0.25) is 10.1 Å². The van der Waals surface area contributed by atoms with Crippen molar-refractivity contribution in [3.05, 3.63) is 78.2 Å². The second-order valence-corrected chi connectivity index (χ2v) is 7.37. The summed E-state index contributed by atoms with van der Waals surface area (Å²) in [5.41, 5.74) is 4.24. The second-order valence-electron chi connectivity index (χ2n) is 7.37. The van der Waals surface area contributed by atoms with Crippen LogP contribution in [0.25, 0.3) is 27.8 Å². The van der Waals surface area contributed by atoms with Gasteiger partial charge in [-0.25, -0.2) is 9.97 Å². The van der Waals surface area contributed by atoms with E-state index >= 15 is 0 Å². The van der Waals surface area contributed by atoms with E-state index in [9.17, 15) is 18.0 Å². The van der Waals surface area contributed by atoms with Crippen molar-refractivity contribution in [1.29, 1.82) is 0 Å². The highest BCUT2D eigenvalue weighted by molar-refractivity contribution is 6.03. The number of alkyl halides is 3. The van der Waals surface area contributed by atoms with E-state index in [2.05, 4.69) is 25.0 Å². The van der Waals surface area contributed by atoms with E-state index in [1.165, 1.54) is 18.2 Å². The summed E-state index contributed by atoms with van der Waals surface area (Å²) >= 11 is 0. The minimum atomic E-state index is -4.77. The predicted octanol–water partition coefficient (Wildman–Crippen LogP) is 5.34. The fourth-order valence-electron chi connectivity index (χ4n) is 3.55. The maximum atomic E-state index is 12.7. The lowest BCUT2D eigenvalue weighted by atomic mass is 10.0. The van der Waals surface area contributed by atoms with Crippen LogP contribution in [-0.2, 0) is 0 Å². The van der Waals surface area contributed by atoms with Gasteiger partial charge in [-0.1, -0.05) is 24.3 Å². The number of anilines is 1. The molecule has 5 aromatic rings. The van der Waals surface area contributed by atoms with Gasteiger partial charge in [0.05, 0.1) is 11.0 Å². The smallest absolute Gasteiger partial charge is 0.406 e. The van der Waals surface area contributed by atoms with Crippen molar-refractivity contribution in [2.24, 2.45) is 0 Å². The van der Waals surface area contributed by atoms with Crippen molar-refractivity contribution in [2.75, 3.05) is 5.32 Å². The number of aromatic amines is 1. The van der Waals surface area contributed by atoms with Crippen LogP contribution in [0.5, 0.6) is 5.75 Å². The van der Waals surface area contributed by atoms with Gasteiger partial charge in [0.15, 0.2) is 0 Å². The number of nitrogens with one attached hydrogen (secondary N) is 2.